The molecule has 0 aromatic carbocycles. The van der Waals surface area contributed by atoms with Crippen LogP contribution in [0.5, 0.6) is 0 Å². The minimum Gasteiger partial charge on any atom is -0.367 e. The van der Waals surface area contributed by atoms with Crippen LogP contribution in [0.1, 0.15) is 48.5 Å². The van der Waals surface area contributed by atoms with E-state index in [0.29, 0.717) is 12.3 Å². The number of carbonyl (C=O) groups is 1. The molecule has 17 heavy (non-hydrogen) atoms. The molecule has 1 saturated heterocycles. The number of ketones is 1. The molecule has 0 amide bonds. The number of rotatable bonds is 2. The van der Waals surface area contributed by atoms with Gasteiger partial charge in [0.15, 0.2) is 5.78 Å². The summed E-state index contributed by atoms with van der Waals surface area (Å²) >= 11 is 0. The molecule has 0 atom stereocenters. The Hall–Kier alpha value is -0.410. The highest BCUT2D eigenvalue weighted by Gasteiger charge is 2.39. The van der Waals surface area contributed by atoms with Gasteiger partial charge in [-0.05, 0) is 27.7 Å². The fraction of sp³-hybridized carbons (Fsp3) is 0.929. The maximum absolute atomic E-state index is 12.1. The lowest BCUT2D eigenvalue weighted by Crippen LogP contribution is -2.58. The van der Waals surface area contributed by atoms with Gasteiger partial charge in [-0.25, -0.2) is 0 Å². The first kappa shape index (κ1) is 14.7. The van der Waals surface area contributed by atoms with Crippen LogP contribution in [0.3, 0.4) is 0 Å². The zero-order valence-electron chi connectivity index (χ0n) is 12.4. The van der Waals surface area contributed by atoms with Crippen molar-refractivity contribution < 1.29 is 9.53 Å². The second-order valence-corrected chi connectivity index (χ2v) is 7.44. The number of ether oxygens (including phenoxy) is 1. The van der Waals surface area contributed by atoms with Gasteiger partial charge in [-0.15, -0.1) is 0 Å². The zero-order chi connectivity index (χ0) is 13.5. The monoisotopic (exact) mass is 241 g/mol. The average molecular weight is 241 g/mol. The topological polar surface area (TPSA) is 29.5 Å². The first-order chi connectivity index (χ1) is 7.41. The second kappa shape index (κ2) is 4.36. The van der Waals surface area contributed by atoms with Crippen LogP contribution in [0.2, 0.25) is 0 Å². The van der Waals surface area contributed by atoms with Crippen molar-refractivity contribution in [2.24, 2.45) is 5.41 Å². The highest BCUT2D eigenvalue weighted by Crippen LogP contribution is 2.28. The van der Waals surface area contributed by atoms with E-state index in [1.54, 1.807) is 0 Å². The fourth-order valence-electron chi connectivity index (χ4n) is 2.50. The summed E-state index contributed by atoms with van der Waals surface area (Å²) in [5.41, 5.74) is -0.619. The molecule has 1 rings (SSSR count). The van der Waals surface area contributed by atoms with E-state index in [9.17, 15) is 4.79 Å². The predicted molar refractivity (Wildman–Crippen MR) is 70.1 cm³/mol. The van der Waals surface area contributed by atoms with Gasteiger partial charge >= 0.3 is 0 Å². The molecule has 0 radical (unpaired) electrons. The average Bonchev–Trinajstić information content (AvgIpc) is 1.94. The van der Waals surface area contributed by atoms with Crippen LogP contribution in [0.15, 0.2) is 0 Å². The molecule has 0 aromatic rings. The molecule has 1 aliphatic heterocycles. The molecule has 1 fully saturated rings. The van der Waals surface area contributed by atoms with Gasteiger partial charge in [0.2, 0.25) is 0 Å². The quantitative estimate of drug-likeness (QED) is 0.744. The molecule has 0 saturated carbocycles. The van der Waals surface area contributed by atoms with E-state index in [4.69, 9.17) is 4.74 Å². The van der Waals surface area contributed by atoms with Crippen LogP contribution in [-0.4, -0.2) is 41.5 Å². The Morgan fingerprint density at radius 3 is 1.88 bits per heavy atom. The Kier molecular flexibility index (Phi) is 3.76. The number of hydrogen-bond donors (Lipinski definition) is 0. The summed E-state index contributed by atoms with van der Waals surface area (Å²) in [5, 5.41) is 0. The Balaban J connectivity index is 2.70. The summed E-state index contributed by atoms with van der Waals surface area (Å²) in [6.45, 7) is 16.4. The van der Waals surface area contributed by atoms with Crippen molar-refractivity contribution in [2.45, 2.75) is 59.7 Å². The number of hydrogen-bond acceptors (Lipinski definition) is 3. The Morgan fingerprint density at radius 1 is 1.12 bits per heavy atom. The minimum absolute atomic E-state index is 0.181. The van der Waals surface area contributed by atoms with Gasteiger partial charge in [-0.1, -0.05) is 20.8 Å². The SMILES string of the molecule is CC1(C)CN(CC(=O)C(C)(C)C)CC(C)(C)O1. The number of carbonyl (C=O) groups excluding carboxylic acids is 1. The van der Waals surface area contributed by atoms with Crippen LogP contribution in [-0.2, 0) is 9.53 Å². The molecule has 0 bridgehead atoms. The molecule has 0 aliphatic carbocycles. The number of Topliss-reactive ketones (excluding diaryl/α,β-unsaturated/α-hetero) is 1. The van der Waals surface area contributed by atoms with Crippen molar-refractivity contribution in [3.05, 3.63) is 0 Å². The maximum atomic E-state index is 12.1. The smallest absolute Gasteiger partial charge is 0.152 e. The standard InChI is InChI=1S/C14H27NO2/c1-12(2,3)11(16)8-15-9-13(4,5)17-14(6,7)10-15/h8-10H2,1-7H3. The molecule has 0 N–H and O–H groups in total. The van der Waals surface area contributed by atoms with Gasteiger partial charge in [0, 0.05) is 18.5 Å². The lowest BCUT2D eigenvalue weighted by atomic mass is 9.89. The Labute approximate surface area is 106 Å². The van der Waals surface area contributed by atoms with Crippen LogP contribution in [0, 0.1) is 5.41 Å². The van der Waals surface area contributed by atoms with Crippen LogP contribution in [0.25, 0.3) is 0 Å². The highest BCUT2D eigenvalue weighted by atomic mass is 16.5. The Morgan fingerprint density at radius 2 is 1.53 bits per heavy atom. The zero-order valence-corrected chi connectivity index (χ0v) is 12.4. The molecular formula is C14H27NO2. The number of morpholine rings is 1. The van der Waals surface area contributed by atoms with E-state index in [-0.39, 0.29) is 16.6 Å². The molecule has 0 aromatic heterocycles. The maximum Gasteiger partial charge on any atom is 0.152 e. The van der Waals surface area contributed by atoms with Crippen molar-refractivity contribution in [1.82, 2.24) is 4.90 Å². The predicted octanol–water partition coefficient (Wildman–Crippen LogP) is 2.49. The molecule has 100 valence electrons. The van der Waals surface area contributed by atoms with Crippen LogP contribution in [0.4, 0.5) is 0 Å². The molecule has 0 spiro atoms. The van der Waals surface area contributed by atoms with Crippen LogP contribution >= 0.6 is 0 Å². The number of nitrogens with zero attached hydrogens (tertiary/aromatic N) is 1. The molecule has 0 unspecified atom stereocenters. The van der Waals surface area contributed by atoms with E-state index in [2.05, 4.69) is 32.6 Å². The van der Waals surface area contributed by atoms with E-state index in [0.717, 1.165) is 13.1 Å². The summed E-state index contributed by atoms with van der Waals surface area (Å²) in [7, 11) is 0. The summed E-state index contributed by atoms with van der Waals surface area (Å²) < 4.78 is 6.01. The van der Waals surface area contributed by atoms with Gasteiger partial charge in [0.1, 0.15) is 0 Å². The molecule has 3 nitrogen and oxygen atoms in total. The summed E-state index contributed by atoms with van der Waals surface area (Å²) in [5.74, 6) is 0.297. The van der Waals surface area contributed by atoms with E-state index in [1.165, 1.54) is 0 Å². The van der Waals surface area contributed by atoms with Crippen molar-refractivity contribution in [3.8, 4) is 0 Å². The molecular weight excluding hydrogens is 214 g/mol. The van der Waals surface area contributed by atoms with Crippen molar-refractivity contribution in [2.75, 3.05) is 19.6 Å². The van der Waals surface area contributed by atoms with Gasteiger partial charge in [0.05, 0.1) is 17.7 Å². The molecule has 1 aliphatic rings. The first-order valence-corrected chi connectivity index (χ1v) is 6.37. The summed E-state index contributed by atoms with van der Waals surface area (Å²) in [6.07, 6.45) is 0. The van der Waals surface area contributed by atoms with Crippen molar-refractivity contribution in [3.63, 3.8) is 0 Å². The van der Waals surface area contributed by atoms with Crippen LogP contribution < -0.4 is 0 Å². The minimum atomic E-state index is -0.257. The van der Waals surface area contributed by atoms with Gasteiger partial charge in [-0.2, -0.15) is 0 Å². The van der Waals surface area contributed by atoms with Gasteiger partial charge < -0.3 is 4.74 Å². The summed E-state index contributed by atoms with van der Waals surface area (Å²) in [6, 6.07) is 0. The van der Waals surface area contributed by atoms with E-state index < -0.39 is 0 Å². The van der Waals surface area contributed by atoms with Crippen molar-refractivity contribution in [1.29, 1.82) is 0 Å². The highest BCUT2D eigenvalue weighted by molar-refractivity contribution is 5.85. The normalized spacial score (nSPS) is 24.6. The largest absolute Gasteiger partial charge is 0.367 e. The lowest BCUT2D eigenvalue weighted by Gasteiger charge is -2.47. The third-order valence-corrected chi connectivity index (χ3v) is 2.97. The summed E-state index contributed by atoms with van der Waals surface area (Å²) in [4.78, 5) is 14.3. The second-order valence-electron chi connectivity index (χ2n) is 7.44. The van der Waals surface area contributed by atoms with Gasteiger partial charge in [0.25, 0.3) is 0 Å². The fourth-order valence-corrected chi connectivity index (χ4v) is 2.50. The van der Waals surface area contributed by atoms with E-state index >= 15 is 0 Å². The van der Waals surface area contributed by atoms with Crippen molar-refractivity contribution >= 4 is 5.78 Å². The Bertz CT molecular complexity index is 284. The van der Waals surface area contributed by atoms with E-state index in [1.807, 2.05) is 20.8 Å². The molecule has 1 heterocycles. The lowest BCUT2D eigenvalue weighted by molar-refractivity contribution is -0.181. The third kappa shape index (κ3) is 4.40. The third-order valence-electron chi connectivity index (χ3n) is 2.97. The van der Waals surface area contributed by atoms with Gasteiger partial charge in [-0.3, -0.25) is 9.69 Å². The first-order valence-electron chi connectivity index (χ1n) is 6.37. The molecule has 3 heteroatoms.